The molecule has 4 nitrogen and oxygen atoms in total. The van der Waals surface area contributed by atoms with Gasteiger partial charge in [0.15, 0.2) is 0 Å². The Morgan fingerprint density at radius 3 is 2.65 bits per heavy atom. The zero-order valence-electron chi connectivity index (χ0n) is 12.1. The first-order valence-corrected chi connectivity index (χ1v) is 7.58. The van der Waals surface area contributed by atoms with E-state index in [1.807, 2.05) is 6.92 Å². The minimum Gasteiger partial charge on any atom is -0.383 e. The quantitative estimate of drug-likeness (QED) is 0.783. The number of hydrogen-bond donors (Lipinski definition) is 1. The van der Waals surface area contributed by atoms with Gasteiger partial charge in [-0.15, -0.1) is 0 Å². The van der Waals surface area contributed by atoms with Crippen LogP contribution in [0.25, 0.3) is 11.0 Å². The van der Waals surface area contributed by atoms with E-state index >= 15 is 0 Å². The van der Waals surface area contributed by atoms with Crippen LogP contribution in [0.1, 0.15) is 35.6 Å². The molecule has 1 atom stereocenters. The molecule has 0 aliphatic heterocycles. The summed E-state index contributed by atoms with van der Waals surface area (Å²) in [5.41, 5.74) is 10.7. The normalized spacial score (nSPS) is 13.0. The summed E-state index contributed by atoms with van der Waals surface area (Å²) in [6.45, 7) is 8.28. The monoisotopic (exact) mass is 286 g/mol. The lowest BCUT2D eigenvalue weighted by molar-refractivity contribution is 0.640. The number of aromatic nitrogens is 3. The molecule has 0 saturated heterocycles. The van der Waals surface area contributed by atoms with Gasteiger partial charge in [-0.1, -0.05) is 0 Å². The van der Waals surface area contributed by atoms with Gasteiger partial charge < -0.3 is 10.3 Å². The molecule has 2 N–H and O–H groups in total. The van der Waals surface area contributed by atoms with E-state index in [2.05, 4.69) is 52.1 Å². The fourth-order valence-corrected chi connectivity index (χ4v) is 3.52. The van der Waals surface area contributed by atoms with Crippen LogP contribution >= 0.6 is 11.3 Å². The second-order valence-corrected chi connectivity index (χ2v) is 5.95. The zero-order valence-corrected chi connectivity index (χ0v) is 13.0. The Labute approximate surface area is 122 Å². The van der Waals surface area contributed by atoms with Crippen molar-refractivity contribution in [2.24, 2.45) is 0 Å². The first kappa shape index (κ1) is 13.1. The SMILES string of the molecule is Cc1nc(N)c2c(C)c(C)n(C(C)c3ccsc3)c2n1. The third kappa shape index (κ3) is 1.81. The van der Waals surface area contributed by atoms with E-state index in [9.17, 15) is 0 Å². The van der Waals surface area contributed by atoms with Crippen LogP contribution in [0.3, 0.4) is 0 Å². The van der Waals surface area contributed by atoms with E-state index in [1.54, 1.807) is 11.3 Å². The number of hydrogen-bond acceptors (Lipinski definition) is 4. The summed E-state index contributed by atoms with van der Waals surface area (Å²) in [5.74, 6) is 1.29. The van der Waals surface area contributed by atoms with Crippen molar-refractivity contribution in [2.45, 2.75) is 33.7 Å². The van der Waals surface area contributed by atoms with Crippen LogP contribution in [0.4, 0.5) is 5.82 Å². The predicted molar refractivity (Wildman–Crippen MR) is 84.3 cm³/mol. The van der Waals surface area contributed by atoms with Crippen LogP contribution in [0.15, 0.2) is 16.8 Å². The summed E-state index contributed by atoms with van der Waals surface area (Å²) < 4.78 is 2.26. The molecule has 0 aromatic carbocycles. The number of nitrogens with two attached hydrogens (primary N) is 1. The Morgan fingerprint density at radius 1 is 1.25 bits per heavy atom. The Hall–Kier alpha value is -1.88. The molecule has 3 rings (SSSR count). The van der Waals surface area contributed by atoms with Gasteiger partial charge in [-0.25, -0.2) is 9.97 Å². The lowest BCUT2D eigenvalue weighted by Crippen LogP contribution is -2.09. The van der Waals surface area contributed by atoms with Gasteiger partial charge in [0, 0.05) is 5.69 Å². The molecule has 0 fully saturated rings. The third-order valence-corrected chi connectivity index (χ3v) is 4.65. The maximum absolute atomic E-state index is 6.10. The van der Waals surface area contributed by atoms with Crippen molar-refractivity contribution in [1.29, 1.82) is 0 Å². The maximum atomic E-state index is 6.10. The van der Waals surface area contributed by atoms with Crippen molar-refractivity contribution in [1.82, 2.24) is 14.5 Å². The van der Waals surface area contributed by atoms with E-state index in [1.165, 1.54) is 16.8 Å². The molecule has 104 valence electrons. The summed E-state index contributed by atoms with van der Waals surface area (Å²) in [6.07, 6.45) is 0. The van der Waals surface area contributed by atoms with Crippen molar-refractivity contribution >= 4 is 28.2 Å². The highest BCUT2D eigenvalue weighted by molar-refractivity contribution is 7.07. The first-order valence-electron chi connectivity index (χ1n) is 6.64. The van der Waals surface area contributed by atoms with Gasteiger partial charge >= 0.3 is 0 Å². The Kier molecular flexibility index (Phi) is 3.01. The van der Waals surface area contributed by atoms with Gasteiger partial charge in [-0.3, -0.25) is 0 Å². The van der Waals surface area contributed by atoms with Crippen molar-refractivity contribution in [2.75, 3.05) is 5.73 Å². The topological polar surface area (TPSA) is 56.7 Å². The Bertz CT molecular complexity index is 771. The van der Waals surface area contributed by atoms with E-state index in [0.29, 0.717) is 11.6 Å². The number of rotatable bonds is 2. The highest BCUT2D eigenvalue weighted by Gasteiger charge is 2.20. The number of thiophene rings is 1. The molecule has 5 heteroatoms. The molecular formula is C15H18N4S. The molecular weight excluding hydrogens is 268 g/mol. The number of nitrogens with zero attached hydrogens (tertiary/aromatic N) is 3. The minimum atomic E-state index is 0.242. The van der Waals surface area contributed by atoms with E-state index < -0.39 is 0 Å². The molecule has 0 spiro atoms. The molecule has 0 amide bonds. The van der Waals surface area contributed by atoms with Crippen molar-refractivity contribution < 1.29 is 0 Å². The average molecular weight is 286 g/mol. The molecule has 20 heavy (non-hydrogen) atoms. The van der Waals surface area contributed by atoms with Gasteiger partial charge in [0.25, 0.3) is 0 Å². The van der Waals surface area contributed by atoms with Crippen LogP contribution in [-0.4, -0.2) is 14.5 Å². The lowest BCUT2D eigenvalue weighted by atomic mass is 10.1. The molecule has 0 aliphatic carbocycles. The van der Waals surface area contributed by atoms with Crippen LogP contribution in [-0.2, 0) is 0 Å². The van der Waals surface area contributed by atoms with Crippen LogP contribution in [0.2, 0.25) is 0 Å². The summed E-state index contributed by atoms with van der Waals surface area (Å²) in [5, 5.41) is 5.27. The highest BCUT2D eigenvalue weighted by Crippen LogP contribution is 2.33. The van der Waals surface area contributed by atoms with E-state index in [-0.39, 0.29) is 6.04 Å². The highest BCUT2D eigenvalue weighted by atomic mass is 32.1. The second-order valence-electron chi connectivity index (χ2n) is 5.17. The summed E-state index contributed by atoms with van der Waals surface area (Å²) >= 11 is 1.72. The van der Waals surface area contributed by atoms with Crippen LogP contribution < -0.4 is 5.73 Å². The van der Waals surface area contributed by atoms with Crippen molar-refractivity contribution in [3.8, 4) is 0 Å². The summed E-state index contributed by atoms with van der Waals surface area (Å²) in [7, 11) is 0. The van der Waals surface area contributed by atoms with E-state index in [0.717, 1.165) is 11.0 Å². The molecule has 0 bridgehead atoms. The summed E-state index contributed by atoms with van der Waals surface area (Å²) in [4.78, 5) is 8.92. The molecule has 1 unspecified atom stereocenters. The smallest absolute Gasteiger partial charge is 0.146 e. The Morgan fingerprint density at radius 2 is 2.00 bits per heavy atom. The molecule has 0 radical (unpaired) electrons. The lowest BCUT2D eigenvalue weighted by Gasteiger charge is -2.16. The van der Waals surface area contributed by atoms with Gasteiger partial charge in [-0.05, 0) is 55.6 Å². The fourth-order valence-electron chi connectivity index (χ4n) is 2.77. The van der Waals surface area contributed by atoms with Gasteiger partial charge in [0.2, 0.25) is 0 Å². The third-order valence-electron chi connectivity index (χ3n) is 3.95. The first-order chi connectivity index (χ1) is 9.50. The standard InChI is InChI=1S/C15H18N4S/c1-8-9(2)19(10(3)12-5-6-20-7-12)15-13(8)14(16)17-11(4)18-15/h5-7,10H,1-4H3,(H2,16,17,18). The predicted octanol–water partition coefficient (Wildman–Crippen LogP) is 3.61. The number of fused-ring (bicyclic) bond motifs is 1. The van der Waals surface area contributed by atoms with Gasteiger partial charge in [0.1, 0.15) is 17.3 Å². The van der Waals surface area contributed by atoms with Gasteiger partial charge in [0.05, 0.1) is 11.4 Å². The summed E-state index contributed by atoms with van der Waals surface area (Å²) in [6, 6.07) is 2.40. The minimum absolute atomic E-state index is 0.242. The van der Waals surface area contributed by atoms with Crippen molar-refractivity contribution in [3.63, 3.8) is 0 Å². The molecule has 3 aromatic heterocycles. The second kappa shape index (κ2) is 4.59. The van der Waals surface area contributed by atoms with Gasteiger partial charge in [-0.2, -0.15) is 11.3 Å². The Balaban J connectivity index is 2.33. The number of nitrogen functional groups attached to an aromatic ring is 1. The van der Waals surface area contributed by atoms with Crippen molar-refractivity contribution in [3.05, 3.63) is 39.5 Å². The number of aryl methyl sites for hydroxylation is 2. The maximum Gasteiger partial charge on any atom is 0.146 e. The molecule has 3 heterocycles. The molecule has 3 aromatic rings. The molecule has 0 aliphatic rings. The zero-order chi connectivity index (χ0) is 14.4. The fraction of sp³-hybridized carbons (Fsp3) is 0.333. The van der Waals surface area contributed by atoms with E-state index in [4.69, 9.17) is 5.73 Å². The van der Waals surface area contributed by atoms with Crippen LogP contribution in [0, 0.1) is 20.8 Å². The molecule has 0 saturated carbocycles. The van der Waals surface area contributed by atoms with Crippen LogP contribution in [0.5, 0.6) is 0 Å². The average Bonchev–Trinajstić information content (AvgIpc) is 2.98. The number of anilines is 1. The largest absolute Gasteiger partial charge is 0.383 e.